The molecule has 0 spiro atoms. The van der Waals surface area contributed by atoms with Crippen LogP contribution in [0.15, 0.2) is 42.5 Å². The van der Waals surface area contributed by atoms with Gasteiger partial charge in [-0.3, -0.25) is 15.2 Å². The van der Waals surface area contributed by atoms with Crippen molar-refractivity contribution in [1.82, 2.24) is 10.2 Å². The van der Waals surface area contributed by atoms with Gasteiger partial charge in [-0.1, -0.05) is 12.1 Å². The van der Waals surface area contributed by atoms with Crippen molar-refractivity contribution in [2.24, 2.45) is 0 Å². The number of nitrogens with one attached hydrogen (secondary N) is 1. The van der Waals surface area contributed by atoms with Gasteiger partial charge >= 0.3 is 0 Å². The summed E-state index contributed by atoms with van der Waals surface area (Å²) in [6, 6.07) is 12.7. The number of methoxy groups -OCH3 is 2. The predicted octanol–water partition coefficient (Wildman–Crippen LogP) is 4.27. The topological polar surface area (TPSA) is 90.3 Å². The number of rotatable bonds is 5. The minimum Gasteiger partial charge on any atom is -0.497 e. The van der Waals surface area contributed by atoms with Gasteiger partial charge in [0, 0.05) is 23.4 Å². The number of nitro groups is 1. The van der Waals surface area contributed by atoms with E-state index in [0.717, 1.165) is 47.6 Å². The summed E-state index contributed by atoms with van der Waals surface area (Å²) >= 11 is 0. The van der Waals surface area contributed by atoms with E-state index in [2.05, 4.69) is 10.2 Å². The van der Waals surface area contributed by atoms with Crippen LogP contribution in [-0.2, 0) is 12.8 Å². The van der Waals surface area contributed by atoms with Crippen molar-refractivity contribution in [2.45, 2.75) is 25.2 Å². The largest absolute Gasteiger partial charge is 0.497 e. The Morgan fingerprint density at radius 3 is 2.54 bits per heavy atom. The van der Waals surface area contributed by atoms with Crippen molar-refractivity contribution < 1.29 is 14.4 Å². The van der Waals surface area contributed by atoms with E-state index in [-0.39, 0.29) is 10.6 Å². The molecule has 7 nitrogen and oxygen atoms in total. The highest BCUT2D eigenvalue weighted by Gasteiger charge is 2.28. The second kappa shape index (κ2) is 7.34. The van der Waals surface area contributed by atoms with Gasteiger partial charge < -0.3 is 9.47 Å². The van der Waals surface area contributed by atoms with E-state index in [1.807, 2.05) is 18.2 Å². The average molecular weight is 379 g/mol. The van der Waals surface area contributed by atoms with Crippen molar-refractivity contribution in [3.8, 4) is 22.8 Å². The molecule has 1 atom stereocenters. The van der Waals surface area contributed by atoms with Crippen LogP contribution in [0.5, 0.6) is 11.5 Å². The van der Waals surface area contributed by atoms with Gasteiger partial charge in [0.25, 0.3) is 5.69 Å². The first kappa shape index (κ1) is 18.0. The van der Waals surface area contributed by atoms with Crippen molar-refractivity contribution in [2.75, 3.05) is 14.2 Å². The molecule has 1 heterocycles. The zero-order chi connectivity index (χ0) is 19.7. The fourth-order valence-corrected chi connectivity index (χ4v) is 3.91. The number of benzene rings is 2. The lowest BCUT2D eigenvalue weighted by Crippen LogP contribution is -2.13. The van der Waals surface area contributed by atoms with Crippen LogP contribution in [-0.4, -0.2) is 29.3 Å². The van der Waals surface area contributed by atoms with Crippen molar-refractivity contribution >= 4 is 5.69 Å². The third-order valence-electron chi connectivity index (χ3n) is 5.35. The van der Waals surface area contributed by atoms with E-state index in [9.17, 15) is 10.1 Å². The molecule has 2 aromatic carbocycles. The summed E-state index contributed by atoms with van der Waals surface area (Å²) in [4.78, 5) is 11.0. The summed E-state index contributed by atoms with van der Waals surface area (Å²) < 4.78 is 10.8. The molecule has 0 unspecified atom stereocenters. The van der Waals surface area contributed by atoms with Gasteiger partial charge in [0.05, 0.1) is 24.7 Å². The molecular weight excluding hydrogens is 358 g/mol. The number of ether oxygens (including phenoxy) is 2. The van der Waals surface area contributed by atoms with E-state index < -0.39 is 0 Å². The Morgan fingerprint density at radius 2 is 1.86 bits per heavy atom. The summed E-state index contributed by atoms with van der Waals surface area (Å²) in [6.45, 7) is 0. The SMILES string of the molecule is COc1cc(OC)cc([C@@H]2CCc3c(-c4ccccc4[N+](=O)[O-])n[nH]c3C2)c1. The number of hydrogen-bond acceptors (Lipinski definition) is 5. The molecule has 0 aliphatic heterocycles. The Labute approximate surface area is 162 Å². The Bertz CT molecular complexity index is 1010. The Hall–Kier alpha value is -3.35. The van der Waals surface area contributed by atoms with Crippen LogP contribution in [0.3, 0.4) is 0 Å². The smallest absolute Gasteiger partial charge is 0.278 e. The Kier molecular flexibility index (Phi) is 4.73. The van der Waals surface area contributed by atoms with Crippen LogP contribution >= 0.6 is 0 Å². The molecule has 1 aromatic heterocycles. The van der Waals surface area contributed by atoms with Crippen molar-refractivity contribution in [1.29, 1.82) is 0 Å². The molecule has 28 heavy (non-hydrogen) atoms. The first-order valence-corrected chi connectivity index (χ1v) is 9.13. The maximum atomic E-state index is 11.4. The molecule has 4 rings (SSSR count). The van der Waals surface area contributed by atoms with Crippen LogP contribution in [0.1, 0.15) is 29.2 Å². The molecule has 1 N–H and O–H groups in total. The lowest BCUT2D eigenvalue weighted by molar-refractivity contribution is -0.384. The van der Waals surface area contributed by atoms with E-state index in [0.29, 0.717) is 17.2 Å². The van der Waals surface area contributed by atoms with Crippen LogP contribution in [0.2, 0.25) is 0 Å². The number of fused-ring (bicyclic) bond motifs is 1. The first-order chi connectivity index (χ1) is 13.6. The molecule has 0 saturated heterocycles. The maximum absolute atomic E-state index is 11.4. The predicted molar refractivity (Wildman–Crippen MR) is 105 cm³/mol. The van der Waals surface area contributed by atoms with Gasteiger partial charge in [0.2, 0.25) is 0 Å². The highest BCUT2D eigenvalue weighted by molar-refractivity contribution is 5.73. The van der Waals surface area contributed by atoms with E-state index in [4.69, 9.17) is 9.47 Å². The van der Waals surface area contributed by atoms with Crippen LogP contribution < -0.4 is 9.47 Å². The molecular formula is C21H21N3O4. The lowest BCUT2D eigenvalue weighted by atomic mass is 9.81. The van der Waals surface area contributed by atoms with E-state index in [1.54, 1.807) is 32.4 Å². The summed E-state index contributed by atoms with van der Waals surface area (Å²) in [5, 5.41) is 18.9. The van der Waals surface area contributed by atoms with Gasteiger partial charge in [0.1, 0.15) is 17.2 Å². The van der Waals surface area contributed by atoms with Crippen LogP contribution in [0, 0.1) is 10.1 Å². The van der Waals surface area contributed by atoms with E-state index in [1.165, 1.54) is 6.07 Å². The van der Waals surface area contributed by atoms with Gasteiger partial charge in [0.15, 0.2) is 0 Å². The summed E-state index contributed by atoms with van der Waals surface area (Å²) in [5.41, 5.74) is 4.59. The standard InChI is InChI=1S/C21H21N3O4/c1-27-15-9-14(10-16(12-15)28-2)13-7-8-17-19(11-13)22-23-21(17)18-5-3-4-6-20(18)24(25)26/h3-6,9-10,12-13H,7-8,11H2,1-2H3,(H,22,23)/t13-/m1/s1. The monoisotopic (exact) mass is 379 g/mol. The Balaban J connectivity index is 1.67. The molecule has 0 bridgehead atoms. The summed E-state index contributed by atoms with van der Waals surface area (Å²) in [6.07, 6.45) is 2.52. The second-order valence-electron chi connectivity index (χ2n) is 6.89. The number of H-pyrrole nitrogens is 1. The summed E-state index contributed by atoms with van der Waals surface area (Å²) in [7, 11) is 3.29. The quantitative estimate of drug-likeness (QED) is 0.528. The highest BCUT2D eigenvalue weighted by atomic mass is 16.6. The zero-order valence-corrected chi connectivity index (χ0v) is 15.8. The second-order valence-corrected chi connectivity index (χ2v) is 6.89. The minimum atomic E-state index is -0.357. The number of para-hydroxylation sites is 1. The molecule has 7 heteroatoms. The maximum Gasteiger partial charge on any atom is 0.278 e. The molecule has 0 radical (unpaired) electrons. The van der Waals surface area contributed by atoms with Gasteiger partial charge in [-0.2, -0.15) is 5.10 Å². The highest BCUT2D eigenvalue weighted by Crippen LogP contribution is 2.40. The number of aromatic amines is 1. The third kappa shape index (κ3) is 3.19. The number of nitrogens with zero attached hydrogens (tertiary/aromatic N) is 2. The lowest BCUT2D eigenvalue weighted by Gasteiger charge is -2.23. The van der Waals surface area contributed by atoms with Gasteiger partial charge in [-0.25, -0.2) is 0 Å². The molecule has 0 fully saturated rings. The van der Waals surface area contributed by atoms with Crippen molar-refractivity contribution in [3.05, 3.63) is 69.4 Å². The van der Waals surface area contributed by atoms with Crippen LogP contribution in [0.25, 0.3) is 11.3 Å². The van der Waals surface area contributed by atoms with Gasteiger partial charge in [-0.15, -0.1) is 0 Å². The molecule has 0 amide bonds. The Morgan fingerprint density at radius 1 is 1.14 bits per heavy atom. The van der Waals surface area contributed by atoms with E-state index >= 15 is 0 Å². The number of aromatic nitrogens is 2. The zero-order valence-electron chi connectivity index (χ0n) is 15.8. The molecule has 144 valence electrons. The first-order valence-electron chi connectivity index (χ1n) is 9.13. The fourth-order valence-electron chi connectivity index (χ4n) is 3.91. The number of hydrogen-bond donors (Lipinski definition) is 1. The van der Waals surface area contributed by atoms with Crippen molar-refractivity contribution in [3.63, 3.8) is 0 Å². The minimum absolute atomic E-state index is 0.0801. The normalized spacial score (nSPS) is 15.7. The molecule has 3 aromatic rings. The number of nitro benzene ring substituents is 1. The molecule has 1 aliphatic rings. The summed E-state index contributed by atoms with van der Waals surface area (Å²) in [5.74, 6) is 1.84. The van der Waals surface area contributed by atoms with Crippen LogP contribution in [0.4, 0.5) is 5.69 Å². The third-order valence-corrected chi connectivity index (χ3v) is 5.35. The van der Waals surface area contributed by atoms with Gasteiger partial charge in [-0.05, 0) is 48.9 Å². The molecule has 1 aliphatic carbocycles. The average Bonchev–Trinajstić information content (AvgIpc) is 3.16. The molecule has 0 saturated carbocycles. The fraction of sp³-hybridized carbons (Fsp3) is 0.286.